The van der Waals surface area contributed by atoms with Gasteiger partial charge in [0.25, 0.3) is 0 Å². The smallest absolute Gasteiger partial charge is 1.00 e. The largest absolute Gasteiger partial charge is 1.00 e. The average molecular weight is 396 g/mol. The summed E-state index contributed by atoms with van der Waals surface area (Å²) in [6, 6.07) is -1.11. The summed E-state index contributed by atoms with van der Waals surface area (Å²) in [6.45, 7) is 2.18. The Labute approximate surface area is 233 Å². The molecular weight excluding hydrogens is 364 g/mol. The number of aliphatic carboxylic acids is 2. The number of hydrogen-bond acceptors (Lipinski definition) is 3. The number of carboxylic acids is 2. The molecule has 1 amide bonds. The SMILES string of the molecule is CCCCCCCCCCC(=O)N[C@@H](CCC(=O)O)C(=O)O.[H-].[H-].[K+].[K+]. The number of hydrogen-bond donors (Lipinski definition) is 3. The van der Waals surface area contributed by atoms with Crippen molar-refractivity contribution in [3.8, 4) is 0 Å². The van der Waals surface area contributed by atoms with Crippen LogP contribution in [0.4, 0.5) is 0 Å². The molecule has 0 saturated heterocycles. The molecular formula is C16H31K2NO5. The maximum absolute atomic E-state index is 11.7. The maximum Gasteiger partial charge on any atom is 1.00 e. The molecule has 24 heavy (non-hydrogen) atoms. The van der Waals surface area contributed by atoms with E-state index in [2.05, 4.69) is 12.2 Å². The van der Waals surface area contributed by atoms with Crippen LogP contribution in [0, 0.1) is 0 Å². The minimum Gasteiger partial charge on any atom is -1.00 e. The minimum atomic E-state index is -1.19. The predicted molar refractivity (Wildman–Crippen MR) is 85.9 cm³/mol. The van der Waals surface area contributed by atoms with Gasteiger partial charge >= 0.3 is 115 Å². The normalized spacial score (nSPS) is 10.9. The molecule has 0 aliphatic carbocycles. The Bertz CT molecular complexity index is 364. The third kappa shape index (κ3) is 20.0. The fourth-order valence-electron chi connectivity index (χ4n) is 2.21. The van der Waals surface area contributed by atoms with E-state index in [0.29, 0.717) is 6.42 Å². The zero-order valence-corrected chi connectivity index (χ0v) is 21.7. The molecule has 8 heteroatoms. The Kier molecular flexibility index (Phi) is 26.6. The molecule has 0 aliphatic rings. The first-order valence-corrected chi connectivity index (χ1v) is 8.21. The summed E-state index contributed by atoms with van der Waals surface area (Å²) in [7, 11) is 0. The van der Waals surface area contributed by atoms with Gasteiger partial charge in [0.2, 0.25) is 5.91 Å². The molecule has 132 valence electrons. The van der Waals surface area contributed by atoms with Crippen LogP contribution in [-0.4, -0.2) is 34.1 Å². The van der Waals surface area contributed by atoms with Crippen molar-refractivity contribution in [3.05, 3.63) is 0 Å². The van der Waals surface area contributed by atoms with Crippen LogP contribution in [0.3, 0.4) is 0 Å². The Hall–Kier alpha value is 1.68. The van der Waals surface area contributed by atoms with E-state index in [1.807, 2.05) is 0 Å². The average Bonchev–Trinajstić information content (AvgIpc) is 2.45. The molecule has 0 fully saturated rings. The zero-order valence-electron chi connectivity index (χ0n) is 17.5. The molecule has 0 saturated carbocycles. The van der Waals surface area contributed by atoms with E-state index in [9.17, 15) is 14.4 Å². The zero-order chi connectivity index (χ0) is 16.8. The van der Waals surface area contributed by atoms with Gasteiger partial charge in [-0.1, -0.05) is 51.9 Å². The van der Waals surface area contributed by atoms with Gasteiger partial charge < -0.3 is 18.4 Å². The van der Waals surface area contributed by atoms with E-state index >= 15 is 0 Å². The molecule has 0 unspecified atom stereocenters. The second kappa shape index (κ2) is 21.0. The number of carboxylic acid groups (broad SMARTS) is 2. The first kappa shape index (κ1) is 30.4. The van der Waals surface area contributed by atoms with Gasteiger partial charge in [0.05, 0.1) is 0 Å². The standard InChI is InChI=1S/C16H29NO5.2K.2H/c1-2-3-4-5-6-7-8-9-10-14(18)17-13(16(21)22)11-12-15(19)20;;;;/h13H,2-12H2,1H3,(H,17,18)(H,19,20)(H,21,22);;;;/q;2*+1;2*-1/t13-;;;;/m0..../s1. The van der Waals surface area contributed by atoms with Gasteiger partial charge in [0.1, 0.15) is 6.04 Å². The maximum atomic E-state index is 11.7. The van der Waals surface area contributed by atoms with Gasteiger partial charge in [-0.25, -0.2) is 4.79 Å². The van der Waals surface area contributed by atoms with E-state index in [0.717, 1.165) is 19.3 Å². The van der Waals surface area contributed by atoms with Crippen LogP contribution in [0.25, 0.3) is 0 Å². The molecule has 0 aliphatic heterocycles. The monoisotopic (exact) mass is 395 g/mol. The number of nitrogens with one attached hydrogen (secondary N) is 1. The number of amides is 1. The molecule has 0 radical (unpaired) electrons. The van der Waals surface area contributed by atoms with Crippen LogP contribution >= 0.6 is 0 Å². The van der Waals surface area contributed by atoms with Gasteiger partial charge in [0.15, 0.2) is 0 Å². The second-order valence-corrected chi connectivity index (χ2v) is 5.62. The topological polar surface area (TPSA) is 104 Å². The van der Waals surface area contributed by atoms with Crippen LogP contribution in [-0.2, 0) is 14.4 Å². The molecule has 6 nitrogen and oxygen atoms in total. The van der Waals surface area contributed by atoms with E-state index in [1.165, 1.54) is 32.1 Å². The van der Waals surface area contributed by atoms with Crippen LogP contribution in [0.2, 0.25) is 0 Å². The summed E-state index contributed by atoms with van der Waals surface area (Å²) >= 11 is 0. The first-order chi connectivity index (χ1) is 10.5. The van der Waals surface area contributed by atoms with Crippen molar-refractivity contribution in [1.29, 1.82) is 0 Å². The van der Waals surface area contributed by atoms with E-state index in [1.54, 1.807) is 0 Å². The predicted octanol–water partition coefficient (Wildman–Crippen LogP) is -2.82. The minimum absolute atomic E-state index is 0. The summed E-state index contributed by atoms with van der Waals surface area (Å²) < 4.78 is 0. The molecule has 0 aromatic heterocycles. The van der Waals surface area contributed by atoms with Crippen LogP contribution in [0.5, 0.6) is 0 Å². The van der Waals surface area contributed by atoms with Crippen molar-refractivity contribution < 1.29 is 130 Å². The summed E-state index contributed by atoms with van der Waals surface area (Å²) in [6.07, 6.45) is 8.92. The van der Waals surface area contributed by atoms with Crippen LogP contribution < -0.4 is 108 Å². The number of carbonyl (C=O) groups is 3. The summed E-state index contributed by atoms with van der Waals surface area (Å²) in [5.74, 6) is -2.57. The van der Waals surface area contributed by atoms with Gasteiger partial charge in [-0.2, -0.15) is 0 Å². The summed E-state index contributed by atoms with van der Waals surface area (Å²) in [5.41, 5.74) is 0. The van der Waals surface area contributed by atoms with E-state index in [4.69, 9.17) is 10.2 Å². The van der Waals surface area contributed by atoms with Crippen LogP contribution in [0.1, 0.15) is 80.4 Å². The second-order valence-electron chi connectivity index (χ2n) is 5.62. The molecule has 0 bridgehead atoms. The van der Waals surface area contributed by atoms with Crippen molar-refractivity contribution in [2.75, 3.05) is 0 Å². The van der Waals surface area contributed by atoms with Crippen LogP contribution in [0.15, 0.2) is 0 Å². The first-order valence-electron chi connectivity index (χ1n) is 8.21. The Morgan fingerprint density at radius 3 is 1.83 bits per heavy atom. The fourth-order valence-corrected chi connectivity index (χ4v) is 2.21. The molecule has 0 rings (SSSR count). The Morgan fingerprint density at radius 2 is 1.38 bits per heavy atom. The number of carbonyl (C=O) groups excluding carboxylic acids is 1. The Morgan fingerprint density at radius 1 is 0.875 bits per heavy atom. The van der Waals surface area contributed by atoms with Crippen molar-refractivity contribution in [3.63, 3.8) is 0 Å². The molecule has 0 aromatic carbocycles. The van der Waals surface area contributed by atoms with Crippen molar-refractivity contribution in [2.24, 2.45) is 0 Å². The van der Waals surface area contributed by atoms with Crippen molar-refractivity contribution >= 4 is 17.8 Å². The van der Waals surface area contributed by atoms with Gasteiger partial charge in [-0.15, -0.1) is 0 Å². The molecule has 0 heterocycles. The quantitative estimate of drug-likeness (QED) is 0.218. The summed E-state index contributed by atoms with van der Waals surface area (Å²) in [5, 5.41) is 19.9. The molecule has 3 N–H and O–H groups in total. The number of unbranched alkanes of at least 4 members (excludes halogenated alkanes) is 7. The molecule has 0 aromatic rings. The van der Waals surface area contributed by atoms with Crippen molar-refractivity contribution in [2.45, 2.75) is 83.6 Å². The van der Waals surface area contributed by atoms with E-state index < -0.39 is 18.0 Å². The fraction of sp³-hybridized carbons (Fsp3) is 0.812. The van der Waals surface area contributed by atoms with Gasteiger partial charge in [-0.05, 0) is 12.8 Å². The van der Waals surface area contributed by atoms with E-state index in [-0.39, 0.29) is 124 Å². The third-order valence-corrected chi connectivity index (χ3v) is 3.54. The Balaban J connectivity index is -0.000000367. The van der Waals surface area contributed by atoms with Crippen molar-refractivity contribution in [1.82, 2.24) is 5.32 Å². The third-order valence-electron chi connectivity index (χ3n) is 3.54. The number of rotatable bonds is 14. The molecule has 0 spiro atoms. The molecule has 1 atom stereocenters. The summed E-state index contributed by atoms with van der Waals surface area (Å²) in [4.78, 5) is 33.0. The van der Waals surface area contributed by atoms with Gasteiger partial charge in [0, 0.05) is 12.8 Å². The van der Waals surface area contributed by atoms with Gasteiger partial charge in [-0.3, -0.25) is 9.59 Å².